The van der Waals surface area contributed by atoms with Gasteiger partial charge in [-0.3, -0.25) is 4.79 Å². The first-order valence-corrected chi connectivity index (χ1v) is 11.6. The van der Waals surface area contributed by atoms with E-state index in [1.807, 2.05) is 0 Å². The van der Waals surface area contributed by atoms with E-state index in [4.69, 9.17) is 9.88 Å². The molecule has 0 bridgehead atoms. The van der Waals surface area contributed by atoms with Gasteiger partial charge in [0.15, 0.2) is 0 Å². The van der Waals surface area contributed by atoms with Crippen LogP contribution in [0.4, 0.5) is 0 Å². The van der Waals surface area contributed by atoms with E-state index in [0.717, 1.165) is 5.56 Å². The van der Waals surface area contributed by atoms with E-state index >= 15 is 0 Å². The maximum Gasteiger partial charge on any atom is 0.341 e. The summed E-state index contributed by atoms with van der Waals surface area (Å²) in [5.74, 6) is -0.914. The van der Waals surface area contributed by atoms with E-state index in [-0.39, 0.29) is 24.8 Å². The molecule has 0 fully saturated rings. The number of aromatic nitrogens is 2. The number of nitrogens with one attached hydrogen (secondary N) is 1. The summed E-state index contributed by atoms with van der Waals surface area (Å²) in [5.41, 5.74) is 3.62. The molecule has 168 valence electrons. The lowest BCUT2D eigenvalue weighted by Crippen LogP contribution is -2.22. The fourth-order valence-electron chi connectivity index (χ4n) is 3.10. The lowest BCUT2D eigenvalue weighted by atomic mass is 10.1. The number of nitrogens with two attached hydrogens (primary N) is 1. The lowest BCUT2D eigenvalue weighted by molar-refractivity contribution is 0.0525. The fourth-order valence-corrected chi connectivity index (χ4v) is 3.76. The summed E-state index contributed by atoms with van der Waals surface area (Å²) >= 11 is 0. The molecule has 0 unspecified atom stereocenters. The standard InChI is InChI=1S/C22H24N4O5S/c1-3-31-22(28)20-13-25-26(15(20)2)19-10-8-18(9-11-19)21(27)24-12-16-4-6-17(7-5-16)14-32(23,29)30/h4-11,13H,3,12,14H2,1-2H3,(H,24,27)(H2,23,29,30). The number of hydrogen-bond donors (Lipinski definition) is 2. The van der Waals surface area contributed by atoms with Crippen molar-refractivity contribution in [3.8, 4) is 5.69 Å². The largest absolute Gasteiger partial charge is 0.462 e. The van der Waals surface area contributed by atoms with Gasteiger partial charge in [0, 0.05) is 12.1 Å². The van der Waals surface area contributed by atoms with Crippen molar-refractivity contribution in [2.45, 2.75) is 26.1 Å². The lowest BCUT2D eigenvalue weighted by Gasteiger charge is -2.09. The summed E-state index contributed by atoms with van der Waals surface area (Å²) in [6.45, 7) is 4.09. The van der Waals surface area contributed by atoms with Crippen molar-refractivity contribution in [3.63, 3.8) is 0 Å². The van der Waals surface area contributed by atoms with Gasteiger partial charge < -0.3 is 10.1 Å². The average molecular weight is 457 g/mol. The minimum absolute atomic E-state index is 0.233. The fraction of sp³-hybridized carbons (Fsp3) is 0.227. The third-order valence-electron chi connectivity index (χ3n) is 4.72. The highest BCUT2D eigenvalue weighted by Crippen LogP contribution is 2.16. The van der Waals surface area contributed by atoms with Crippen LogP contribution in [0, 0.1) is 6.92 Å². The molecule has 3 rings (SSSR count). The van der Waals surface area contributed by atoms with Crippen LogP contribution in [0.25, 0.3) is 5.69 Å². The van der Waals surface area contributed by atoms with Crippen molar-refractivity contribution in [2.24, 2.45) is 5.14 Å². The number of sulfonamides is 1. The number of rotatable bonds is 8. The first kappa shape index (κ1) is 23.2. The van der Waals surface area contributed by atoms with Gasteiger partial charge in [-0.1, -0.05) is 24.3 Å². The quantitative estimate of drug-likeness (QED) is 0.499. The molecular weight excluding hydrogens is 432 g/mol. The van der Waals surface area contributed by atoms with Crippen LogP contribution in [0.2, 0.25) is 0 Å². The number of carbonyl (C=O) groups is 2. The van der Waals surface area contributed by atoms with Crippen LogP contribution in [-0.2, 0) is 27.1 Å². The number of nitrogens with zero attached hydrogens (tertiary/aromatic N) is 2. The molecule has 0 radical (unpaired) electrons. The Kier molecular flexibility index (Phi) is 7.06. The monoisotopic (exact) mass is 456 g/mol. The molecular formula is C22H24N4O5S. The van der Waals surface area contributed by atoms with E-state index in [2.05, 4.69) is 10.4 Å². The molecule has 9 nitrogen and oxygen atoms in total. The predicted molar refractivity (Wildman–Crippen MR) is 119 cm³/mol. The van der Waals surface area contributed by atoms with Crippen LogP contribution in [0.15, 0.2) is 54.7 Å². The first-order valence-electron chi connectivity index (χ1n) is 9.86. The molecule has 32 heavy (non-hydrogen) atoms. The Bertz CT molecular complexity index is 1220. The van der Waals surface area contributed by atoms with Crippen LogP contribution < -0.4 is 10.5 Å². The van der Waals surface area contributed by atoms with Crippen molar-refractivity contribution < 1.29 is 22.7 Å². The topological polar surface area (TPSA) is 133 Å². The summed E-state index contributed by atoms with van der Waals surface area (Å²) in [5, 5.41) is 12.1. The van der Waals surface area contributed by atoms with Crippen molar-refractivity contribution in [1.82, 2.24) is 15.1 Å². The second kappa shape index (κ2) is 9.75. The van der Waals surface area contributed by atoms with Crippen LogP contribution in [0.5, 0.6) is 0 Å². The molecule has 1 aromatic heterocycles. The number of benzene rings is 2. The van der Waals surface area contributed by atoms with Crippen molar-refractivity contribution in [2.75, 3.05) is 6.61 Å². The van der Waals surface area contributed by atoms with Gasteiger partial charge in [0.2, 0.25) is 10.0 Å². The van der Waals surface area contributed by atoms with Gasteiger partial charge in [0.05, 0.1) is 29.9 Å². The zero-order chi connectivity index (χ0) is 23.3. The van der Waals surface area contributed by atoms with Crippen LogP contribution in [-0.4, -0.2) is 36.7 Å². The molecule has 0 aliphatic carbocycles. The molecule has 0 saturated carbocycles. The number of primary sulfonamides is 1. The number of hydrogen-bond acceptors (Lipinski definition) is 6. The average Bonchev–Trinajstić information content (AvgIpc) is 3.13. The molecule has 1 heterocycles. The van der Waals surface area contributed by atoms with Crippen LogP contribution in [0.1, 0.15) is 44.5 Å². The summed E-state index contributed by atoms with van der Waals surface area (Å²) in [4.78, 5) is 24.4. The Morgan fingerprint density at radius 3 is 2.28 bits per heavy atom. The highest BCUT2D eigenvalue weighted by Gasteiger charge is 2.16. The maximum atomic E-state index is 12.5. The van der Waals surface area contributed by atoms with Crippen molar-refractivity contribution in [3.05, 3.63) is 82.7 Å². The number of ether oxygens (including phenoxy) is 1. The Morgan fingerprint density at radius 1 is 1.06 bits per heavy atom. The highest BCUT2D eigenvalue weighted by molar-refractivity contribution is 7.88. The molecule has 0 atom stereocenters. The summed E-state index contributed by atoms with van der Waals surface area (Å²) in [6, 6.07) is 13.6. The van der Waals surface area contributed by atoms with Gasteiger partial charge in [0.1, 0.15) is 5.56 Å². The molecule has 0 aliphatic heterocycles. The van der Waals surface area contributed by atoms with E-state index in [0.29, 0.717) is 28.1 Å². The molecule has 0 spiro atoms. The zero-order valence-corrected chi connectivity index (χ0v) is 18.6. The van der Waals surface area contributed by atoms with Gasteiger partial charge in [-0.05, 0) is 49.2 Å². The van der Waals surface area contributed by atoms with E-state index in [1.165, 1.54) is 6.20 Å². The minimum atomic E-state index is -3.58. The highest BCUT2D eigenvalue weighted by atomic mass is 32.2. The first-order chi connectivity index (χ1) is 15.2. The summed E-state index contributed by atoms with van der Waals surface area (Å²) < 4.78 is 28.9. The second-order valence-corrected chi connectivity index (χ2v) is 8.74. The predicted octanol–water partition coefficient (Wildman–Crippen LogP) is 2.08. The van der Waals surface area contributed by atoms with E-state index in [9.17, 15) is 18.0 Å². The Morgan fingerprint density at radius 2 is 1.69 bits per heavy atom. The van der Waals surface area contributed by atoms with Crippen molar-refractivity contribution >= 4 is 21.9 Å². The third kappa shape index (κ3) is 5.80. The molecule has 1 amide bonds. The molecule has 3 aromatic rings. The summed E-state index contributed by atoms with van der Waals surface area (Å²) in [6.07, 6.45) is 1.46. The Balaban J connectivity index is 1.63. The molecule has 3 N–H and O–H groups in total. The zero-order valence-electron chi connectivity index (χ0n) is 17.7. The van der Waals surface area contributed by atoms with Crippen LogP contribution in [0.3, 0.4) is 0 Å². The number of esters is 1. The normalized spacial score (nSPS) is 11.2. The maximum absolute atomic E-state index is 12.5. The van der Waals surface area contributed by atoms with Gasteiger partial charge in [-0.25, -0.2) is 23.0 Å². The summed E-state index contributed by atoms with van der Waals surface area (Å²) in [7, 11) is -3.58. The molecule has 0 saturated heterocycles. The SMILES string of the molecule is CCOC(=O)c1cnn(-c2ccc(C(=O)NCc3ccc(CS(N)(=O)=O)cc3)cc2)c1C. The molecule has 2 aromatic carbocycles. The van der Waals surface area contributed by atoms with Crippen LogP contribution >= 0.6 is 0 Å². The molecule has 10 heteroatoms. The van der Waals surface area contributed by atoms with E-state index in [1.54, 1.807) is 67.1 Å². The minimum Gasteiger partial charge on any atom is -0.462 e. The van der Waals surface area contributed by atoms with Gasteiger partial charge >= 0.3 is 5.97 Å². The Hall–Kier alpha value is -3.50. The van der Waals surface area contributed by atoms with Gasteiger partial charge in [-0.15, -0.1) is 0 Å². The Labute approximate surface area is 186 Å². The third-order valence-corrected chi connectivity index (χ3v) is 5.46. The molecule has 0 aliphatic rings. The smallest absolute Gasteiger partial charge is 0.341 e. The van der Waals surface area contributed by atoms with Gasteiger partial charge in [0.25, 0.3) is 5.91 Å². The van der Waals surface area contributed by atoms with Crippen molar-refractivity contribution in [1.29, 1.82) is 0 Å². The van der Waals surface area contributed by atoms with Gasteiger partial charge in [-0.2, -0.15) is 5.10 Å². The second-order valence-electron chi connectivity index (χ2n) is 7.13. The van der Waals surface area contributed by atoms with E-state index < -0.39 is 16.0 Å². The number of carbonyl (C=O) groups excluding carboxylic acids is 2. The number of amides is 1.